The Balaban J connectivity index is 2.09. The molecule has 2 aromatic carbocycles. The molecule has 0 fully saturated rings. The highest BCUT2D eigenvalue weighted by atomic mass is 79.9. The van der Waals surface area contributed by atoms with Gasteiger partial charge in [-0.2, -0.15) is 0 Å². The van der Waals surface area contributed by atoms with Gasteiger partial charge < -0.3 is 5.73 Å². The van der Waals surface area contributed by atoms with Crippen molar-refractivity contribution in [1.82, 2.24) is 0 Å². The van der Waals surface area contributed by atoms with Gasteiger partial charge in [0.25, 0.3) is 0 Å². The van der Waals surface area contributed by atoms with E-state index in [0.717, 1.165) is 5.56 Å². The van der Waals surface area contributed by atoms with Crippen LogP contribution < -0.4 is 5.73 Å². The third-order valence-corrected chi connectivity index (χ3v) is 3.76. The maximum Gasteiger partial charge on any atom is 0.127 e. The van der Waals surface area contributed by atoms with Gasteiger partial charge in [-0.3, -0.25) is 0 Å². The lowest BCUT2D eigenvalue weighted by molar-refractivity contribution is 0.510. The van der Waals surface area contributed by atoms with Gasteiger partial charge in [-0.05, 0) is 60.7 Å². The summed E-state index contributed by atoms with van der Waals surface area (Å²) in [5.41, 5.74) is 7.29. The molecular formula is C16H16BrF2N. The molecule has 0 saturated carbocycles. The van der Waals surface area contributed by atoms with Crippen LogP contribution in [-0.4, -0.2) is 6.54 Å². The standard InChI is InChI=1S/C16H16BrF2N/c17-14-5-4-13(16(19)9-14)7-12(10-20)6-11-2-1-3-15(18)8-11/h1-5,8-9,12H,6-7,10,20H2. The number of rotatable bonds is 5. The van der Waals surface area contributed by atoms with Crippen LogP contribution in [0, 0.1) is 17.6 Å². The Morgan fingerprint density at radius 1 is 1.05 bits per heavy atom. The van der Waals surface area contributed by atoms with E-state index in [1.54, 1.807) is 12.1 Å². The van der Waals surface area contributed by atoms with E-state index in [0.29, 0.717) is 29.4 Å². The normalized spacial score (nSPS) is 12.4. The SMILES string of the molecule is NCC(Cc1cccc(F)c1)Cc1ccc(Br)cc1F. The molecule has 1 atom stereocenters. The second kappa shape index (κ2) is 6.95. The molecule has 20 heavy (non-hydrogen) atoms. The van der Waals surface area contributed by atoms with E-state index in [4.69, 9.17) is 5.73 Å². The van der Waals surface area contributed by atoms with Crippen LogP contribution in [-0.2, 0) is 12.8 Å². The van der Waals surface area contributed by atoms with Crippen molar-refractivity contribution in [1.29, 1.82) is 0 Å². The summed E-state index contributed by atoms with van der Waals surface area (Å²) in [7, 11) is 0. The van der Waals surface area contributed by atoms with E-state index in [2.05, 4.69) is 15.9 Å². The number of hydrogen-bond acceptors (Lipinski definition) is 1. The minimum Gasteiger partial charge on any atom is -0.330 e. The van der Waals surface area contributed by atoms with Gasteiger partial charge in [0, 0.05) is 4.47 Å². The van der Waals surface area contributed by atoms with E-state index in [-0.39, 0.29) is 17.6 Å². The van der Waals surface area contributed by atoms with E-state index in [9.17, 15) is 8.78 Å². The molecule has 0 bridgehead atoms. The first kappa shape index (κ1) is 15.1. The lowest BCUT2D eigenvalue weighted by Crippen LogP contribution is -2.20. The minimum absolute atomic E-state index is 0.0903. The molecule has 0 aromatic heterocycles. The quantitative estimate of drug-likeness (QED) is 0.872. The molecule has 0 aliphatic rings. The zero-order chi connectivity index (χ0) is 14.5. The van der Waals surface area contributed by atoms with E-state index in [1.165, 1.54) is 18.2 Å². The van der Waals surface area contributed by atoms with Crippen LogP contribution in [0.2, 0.25) is 0 Å². The summed E-state index contributed by atoms with van der Waals surface area (Å²) in [4.78, 5) is 0. The summed E-state index contributed by atoms with van der Waals surface area (Å²) < 4.78 is 27.7. The number of nitrogens with two attached hydrogens (primary N) is 1. The van der Waals surface area contributed by atoms with Crippen LogP contribution >= 0.6 is 15.9 Å². The van der Waals surface area contributed by atoms with Gasteiger partial charge in [0.05, 0.1) is 0 Å². The molecule has 0 heterocycles. The van der Waals surface area contributed by atoms with Crippen LogP contribution in [0.15, 0.2) is 46.9 Å². The Kier molecular flexibility index (Phi) is 5.26. The summed E-state index contributed by atoms with van der Waals surface area (Å²) >= 11 is 3.23. The molecule has 0 amide bonds. The monoisotopic (exact) mass is 339 g/mol. The first-order chi connectivity index (χ1) is 9.58. The van der Waals surface area contributed by atoms with Gasteiger partial charge in [-0.15, -0.1) is 0 Å². The first-order valence-electron chi connectivity index (χ1n) is 6.47. The number of hydrogen-bond donors (Lipinski definition) is 1. The molecule has 2 aromatic rings. The van der Waals surface area contributed by atoms with Crippen molar-refractivity contribution in [2.24, 2.45) is 11.7 Å². The molecule has 1 unspecified atom stereocenters. The summed E-state index contributed by atoms with van der Waals surface area (Å²) in [5, 5.41) is 0. The molecule has 0 aliphatic carbocycles. The zero-order valence-electron chi connectivity index (χ0n) is 11.0. The Labute approximate surface area is 125 Å². The highest BCUT2D eigenvalue weighted by molar-refractivity contribution is 9.10. The van der Waals surface area contributed by atoms with Crippen molar-refractivity contribution in [2.45, 2.75) is 12.8 Å². The van der Waals surface area contributed by atoms with E-state index >= 15 is 0 Å². The zero-order valence-corrected chi connectivity index (χ0v) is 12.5. The lowest BCUT2D eigenvalue weighted by Gasteiger charge is -2.15. The van der Waals surface area contributed by atoms with Crippen molar-refractivity contribution in [3.05, 3.63) is 69.7 Å². The van der Waals surface area contributed by atoms with Crippen molar-refractivity contribution in [2.75, 3.05) is 6.54 Å². The van der Waals surface area contributed by atoms with Gasteiger partial charge in [-0.1, -0.05) is 34.1 Å². The van der Waals surface area contributed by atoms with Gasteiger partial charge in [0.15, 0.2) is 0 Å². The first-order valence-corrected chi connectivity index (χ1v) is 7.26. The lowest BCUT2D eigenvalue weighted by atomic mass is 9.92. The predicted octanol–water partition coefficient (Wildman–Crippen LogP) is 4.09. The Morgan fingerprint density at radius 3 is 2.50 bits per heavy atom. The topological polar surface area (TPSA) is 26.0 Å². The van der Waals surface area contributed by atoms with Gasteiger partial charge >= 0.3 is 0 Å². The molecule has 0 saturated heterocycles. The Morgan fingerprint density at radius 2 is 1.85 bits per heavy atom. The maximum absolute atomic E-state index is 13.8. The largest absolute Gasteiger partial charge is 0.330 e. The molecular weight excluding hydrogens is 324 g/mol. The molecule has 0 aliphatic heterocycles. The molecule has 1 nitrogen and oxygen atoms in total. The summed E-state index contributed by atoms with van der Waals surface area (Å²) in [5.74, 6) is -0.405. The molecule has 106 valence electrons. The minimum atomic E-state index is -0.256. The van der Waals surface area contributed by atoms with Crippen LogP contribution in [0.5, 0.6) is 0 Å². The van der Waals surface area contributed by atoms with Gasteiger partial charge in [-0.25, -0.2) is 8.78 Å². The molecule has 0 spiro atoms. The highest BCUT2D eigenvalue weighted by Crippen LogP contribution is 2.20. The number of halogens is 3. The van der Waals surface area contributed by atoms with Crippen LogP contribution in [0.25, 0.3) is 0 Å². The Bertz CT molecular complexity index is 586. The van der Waals surface area contributed by atoms with Crippen molar-refractivity contribution < 1.29 is 8.78 Å². The fourth-order valence-corrected chi connectivity index (χ4v) is 2.57. The van der Waals surface area contributed by atoms with Crippen molar-refractivity contribution >= 4 is 15.9 Å². The average molecular weight is 340 g/mol. The van der Waals surface area contributed by atoms with Crippen LogP contribution in [0.1, 0.15) is 11.1 Å². The molecule has 4 heteroatoms. The third-order valence-electron chi connectivity index (χ3n) is 3.27. The van der Waals surface area contributed by atoms with Crippen molar-refractivity contribution in [3.8, 4) is 0 Å². The van der Waals surface area contributed by atoms with Crippen LogP contribution in [0.4, 0.5) is 8.78 Å². The summed E-state index contributed by atoms with van der Waals surface area (Å²) in [6, 6.07) is 11.5. The van der Waals surface area contributed by atoms with E-state index < -0.39 is 0 Å². The van der Waals surface area contributed by atoms with Crippen LogP contribution in [0.3, 0.4) is 0 Å². The second-order valence-electron chi connectivity index (χ2n) is 4.88. The fourth-order valence-electron chi connectivity index (χ4n) is 2.23. The highest BCUT2D eigenvalue weighted by Gasteiger charge is 2.12. The third kappa shape index (κ3) is 4.12. The van der Waals surface area contributed by atoms with E-state index in [1.807, 2.05) is 12.1 Å². The molecule has 2 rings (SSSR count). The van der Waals surface area contributed by atoms with Gasteiger partial charge in [0.1, 0.15) is 11.6 Å². The summed E-state index contributed by atoms with van der Waals surface area (Å²) in [6.45, 7) is 0.437. The van der Waals surface area contributed by atoms with Crippen molar-refractivity contribution in [3.63, 3.8) is 0 Å². The smallest absolute Gasteiger partial charge is 0.127 e. The fraction of sp³-hybridized carbons (Fsp3) is 0.250. The number of benzene rings is 2. The molecule has 0 radical (unpaired) electrons. The molecule has 2 N–H and O–H groups in total. The summed E-state index contributed by atoms with van der Waals surface area (Å²) in [6.07, 6.45) is 1.19. The predicted molar refractivity (Wildman–Crippen MR) is 80.5 cm³/mol. The van der Waals surface area contributed by atoms with Gasteiger partial charge in [0.2, 0.25) is 0 Å². The Hall–Kier alpha value is -1.26. The maximum atomic E-state index is 13.8. The second-order valence-corrected chi connectivity index (χ2v) is 5.79. The average Bonchev–Trinajstić information content (AvgIpc) is 2.41.